The Hall–Kier alpha value is -2.08. The number of likely N-dealkylation sites (tertiary alicyclic amines) is 1. The number of hydrogen-bond donors (Lipinski definition) is 1. The number of rotatable bonds is 5. The van der Waals surface area contributed by atoms with Crippen LogP contribution < -0.4 is 5.32 Å². The van der Waals surface area contributed by atoms with Crippen molar-refractivity contribution in [3.05, 3.63) is 58.4 Å². The van der Waals surface area contributed by atoms with Crippen LogP contribution in [0.2, 0.25) is 10.0 Å². The second kappa shape index (κ2) is 8.52. The van der Waals surface area contributed by atoms with Crippen LogP contribution in [0.1, 0.15) is 31.1 Å². The number of halogens is 2. The number of fused-ring (bicyclic) bond motifs is 1. The van der Waals surface area contributed by atoms with Gasteiger partial charge < -0.3 is 14.6 Å². The van der Waals surface area contributed by atoms with Crippen LogP contribution in [0.15, 0.2) is 46.9 Å². The fourth-order valence-corrected chi connectivity index (χ4v) is 3.90. The monoisotopic (exact) mass is 417 g/mol. The molecule has 1 amide bonds. The molecule has 1 fully saturated rings. The third-order valence-corrected chi connectivity index (χ3v) is 5.54. The number of nitrogens with one attached hydrogen (secondary N) is 1. The van der Waals surface area contributed by atoms with Gasteiger partial charge in [-0.25, -0.2) is 4.98 Å². The first-order valence-electron chi connectivity index (χ1n) is 9.40. The Kier molecular flexibility index (Phi) is 5.85. The molecule has 28 heavy (non-hydrogen) atoms. The van der Waals surface area contributed by atoms with Gasteiger partial charge in [-0.2, -0.15) is 0 Å². The van der Waals surface area contributed by atoms with E-state index in [-0.39, 0.29) is 5.91 Å². The third kappa shape index (κ3) is 4.66. The summed E-state index contributed by atoms with van der Waals surface area (Å²) in [6.07, 6.45) is 2.39. The lowest BCUT2D eigenvalue weighted by molar-refractivity contribution is -0.116. The fourth-order valence-electron chi connectivity index (χ4n) is 3.55. The fraction of sp³-hybridized carbons (Fsp3) is 0.333. The first-order valence-corrected chi connectivity index (χ1v) is 10.2. The number of benzene rings is 2. The highest BCUT2D eigenvalue weighted by Crippen LogP contribution is 2.30. The van der Waals surface area contributed by atoms with E-state index in [1.54, 1.807) is 12.1 Å². The normalized spacial score (nSPS) is 15.8. The number of amides is 1. The van der Waals surface area contributed by atoms with Crippen molar-refractivity contribution in [2.45, 2.75) is 25.2 Å². The van der Waals surface area contributed by atoms with Crippen LogP contribution in [0.5, 0.6) is 0 Å². The molecular weight excluding hydrogens is 397 g/mol. The molecule has 1 saturated heterocycles. The highest BCUT2D eigenvalue weighted by molar-refractivity contribution is 6.31. The zero-order valence-electron chi connectivity index (χ0n) is 15.3. The summed E-state index contributed by atoms with van der Waals surface area (Å²) < 4.78 is 5.91. The standard InChI is InChI=1S/C21H21Cl2N3O2/c22-15-2-1-3-17(12-15)24-20(27)8-11-26-9-6-14(7-10-26)21-25-18-13-16(23)4-5-19(18)28-21/h1-5,12-14H,6-11H2,(H,24,27). The second-order valence-corrected chi connectivity index (χ2v) is 7.96. The van der Waals surface area contributed by atoms with E-state index >= 15 is 0 Å². The molecule has 1 N–H and O–H groups in total. The van der Waals surface area contributed by atoms with Gasteiger partial charge in [0.2, 0.25) is 5.91 Å². The average Bonchev–Trinajstić information content (AvgIpc) is 3.10. The molecule has 2 heterocycles. The molecule has 4 rings (SSSR count). The number of aromatic nitrogens is 1. The summed E-state index contributed by atoms with van der Waals surface area (Å²) in [4.78, 5) is 19.1. The predicted octanol–water partition coefficient (Wildman–Crippen LogP) is 5.34. The van der Waals surface area contributed by atoms with Crippen molar-refractivity contribution in [2.75, 3.05) is 25.0 Å². The molecule has 146 valence electrons. The van der Waals surface area contributed by atoms with Crippen molar-refractivity contribution in [3.8, 4) is 0 Å². The van der Waals surface area contributed by atoms with Crippen molar-refractivity contribution in [1.82, 2.24) is 9.88 Å². The second-order valence-electron chi connectivity index (χ2n) is 7.09. The molecule has 1 aliphatic heterocycles. The topological polar surface area (TPSA) is 58.4 Å². The van der Waals surface area contributed by atoms with Gasteiger partial charge in [-0.1, -0.05) is 29.3 Å². The number of nitrogens with zero attached hydrogens (tertiary/aromatic N) is 2. The number of carbonyl (C=O) groups is 1. The van der Waals surface area contributed by atoms with Gasteiger partial charge >= 0.3 is 0 Å². The van der Waals surface area contributed by atoms with Gasteiger partial charge in [0.05, 0.1) is 0 Å². The Morgan fingerprint density at radius 2 is 1.93 bits per heavy atom. The van der Waals surface area contributed by atoms with E-state index in [0.29, 0.717) is 22.4 Å². The SMILES string of the molecule is O=C(CCN1CCC(c2nc3cc(Cl)ccc3o2)CC1)Nc1cccc(Cl)c1. The molecular formula is C21H21Cl2N3O2. The molecule has 3 aromatic rings. The van der Waals surface area contributed by atoms with E-state index in [2.05, 4.69) is 15.2 Å². The molecule has 0 aliphatic carbocycles. The van der Waals surface area contributed by atoms with Gasteiger partial charge in [0.1, 0.15) is 5.52 Å². The average molecular weight is 418 g/mol. The number of carbonyl (C=O) groups excluding carboxylic acids is 1. The lowest BCUT2D eigenvalue weighted by Crippen LogP contribution is -2.35. The van der Waals surface area contributed by atoms with Gasteiger partial charge in [0, 0.05) is 34.6 Å². The summed E-state index contributed by atoms with van der Waals surface area (Å²) >= 11 is 12.0. The summed E-state index contributed by atoms with van der Waals surface area (Å²) in [5.74, 6) is 1.10. The number of anilines is 1. The molecule has 2 aromatic carbocycles. The molecule has 0 bridgehead atoms. The Morgan fingerprint density at radius 3 is 2.71 bits per heavy atom. The predicted molar refractivity (Wildman–Crippen MR) is 112 cm³/mol. The molecule has 7 heteroatoms. The van der Waals surface area contributed by atoms with Crippen LogP contribution >= 0.6 is 23.2 Å². The minimum atomic E-state index is 0.000203. The van der Waals surface area contributed by atoms with Crippen molar-refractivity contribution >= 4 is 45.9 Å². The van der Waals surface area contributed by atoms with E-state index in [1.165, 1.54) is 0 Å². The summed E-state index contributed by atoms with van der Waals surface area (Å²) in [6.45, 7) is 2.59. The molecule has 0 spiro atoms. The Morgan fingerprint density at radius 1 is 1.14 bits per heavy atom. The number of piperidine rings is 1. The van der Waals surface area contributed by atoms with Crippen LogP contribution in [0.3, 0.4) is 0 Å². The highest BCUT2D eigenvalue weighted by atomic mass is 35.5. The maximum absolute atomic E-state index is 12.2. The van der Waals surface area contributed by atoms with Crippen LogP contribution in [0.4, 0.5) is 5.69 Å². The van der Waals surface area contributed by atoms with Gasteiger partial charge in [0.15, 0.2) is 11.5 Å². The van der Waals surface area contributed by atoms with Crippen molar-refractivity contribution in [2.24, 2.45) is 0 Å². The number of oxazole rings is 1. The summed E-state index contributed by atoms with van der Waals surface area (Å²) in [7, 11) is 0. The lowest BCUT2D eigenvalue weighted by Gasteiger charge is -2.30. The summed E-state index contributed by atoms with van der Waals surface area (Å²) in [5, 5.41) is 4.17. The lowest BCUT2D eigenvalue weighted by atomic mass is 9.96. The van der Waals surface area contributed by atoms with Crippen molar-refractivity contribution < 1.29 is 9.21 Å². The number of hydrogen-bond acceptors (Lipinski definition) is 4. The van der Waals surface area contributed by atoms with Crippen LogP contribution in [-0.2, 0) is 4.79 Å². The molecule has 0 radical (unpaired) electrons. The van der Waals surface area contributed by atoms with E-state index in [0.717, 1.165) is 55.2 Å². The minimum absolute atomic E-state index is 0.000203. The van der Waals surface area contributed by atoms with E-state index < -0.39 is 0 Å². The summed E-state index contributed by atoms with van der Waals surface area (Å²) in [5.41, 5.74) is 2.31. The highest BCUT2D eigenvalue weighted by Gasteiger charge is 2.25. The van der Waals surface area contributed by atoms with Gasteiger partial charge in [-0.15, -0.1) is 0 Å². The molecule has 0 saturated carbocycles. The van der Waals surface area contributed by atoms with Crippen molar-refractivity contribution in [1.29, 1.82) is 0 Å². The largest absolute Gasteiger partial charge is 0.440 e. The molecule has 1 aliphatic rings. The van der Waals surface area contributed by atoms with Crippen LogP contribution in [0, 0.1) is 0 Å². The quantitative estimate of drug-likeness (QED) is 0.608. The zero-order valence-corrected chi connectivity index (χ0v) is 16.8. The van der Waals surface area contributed by atoms with Crippen LogP contribution in [-0.4, -0.2) is 35.4 Å². The van der Waals surface area contributed by atoms with E-state index in [4.69, 9.17) is 27.6 Å². The third-order valence-electron chi connectivity index (χ3n) is 5.07. The van der Waals surface area contributed by atoms with Crippen molar-refractivity contribution in [3.63, 3.8) is 0 Å². The van der Waals surface area contributed by atoms with E-state index in [1.807, 2.05) is 30.3 Å². The Labute approximate surface area is 173 Å². The molecule has 0 atom stereocenters. The Bertz CT molecular complexity index is 981. The maximum Gasteiger partial charge on any atom is 0.225 e. The van der Waals surface area contributed by atoms with Crippen LogP contribution in [0.25, 0.3) is 11.1 Å². The zero-order chi connectivity index (χ0) is 19.5. The molecule has 0 unspecified atom stereocenters. The smallest absolute Gasteiger partial charge is 0.225 e. The van der Waals surface area contributed by atoms with Gasteiger partial charge in [-0.3, -0.25) is 4.79 Å². The van der Waals surface area contributed by atoms with E-state index in [9.17, 15) is 4.79 Å². The summed E-state index contributed by atoms with van der Waals surface area (Å²) in [6, 6.07) is 12.7. The van der Waals surface area contributed by atoms with Gasteiger partial charge in [0.25, 0.3) is 0 Å². The maximum atomic E-state index is 12.2. The minimum Gasteiger partial charge on any atom is -0.440 e. The molecule has 5 nitrogen and oxygen atoms in total. The Balaban J connectivity index is 1.26. The first kappa shape index (κ1) is 19.2. The molecule has 1 aromatic heterocycles. The first-order chi connectivity index (χ1) is 13.6. The van der Waals surface area contributed by atoms with Gasteiger partial charge in [-0.05, 0) is 62.3 Å².